The molecule has 4 N–H and O–H groups in total. The molecule has 1 aliphatic heterocycles. The smallest absolute Gasteiger partial charge is 0.406 e. The Bertz CT molecular complexity index is 1540. The lowest BCUT2D eigenvalue weighted by Crippen LogP contribution is -2.31. The van der Waals surface area contributed by atoms with Gasteiger partial charge in [-0.25, -0.2) is 19.4 Å². The maximum absolute atomic E-state index is 13.9. The molecule has 15 nitrogen and oxygen atoms in total. The van der Waals surface area contributed by atoms with Crippen LogP contribution in [0.2, 0.25) is 0 Å². The topological polar surface area (TPSA) is 191 Å². The van der Waals surface area contributed by atoms with E-state index in [1.54, 1.807) is 24.7 Å². The first-order chi connectivity index (χ1) is 22.4. The van der Waals surface area contributed by atoms with Crippen molar-refractivity contribution in [2.24, 2.45) is 11.3 Å². The Morgan fingerprint density at radius 2 is 1.98 bits per heavy atom. The molecule has 1 amide bonds. The molecule has 0 aliphatic carbocycles. The summed E-state index contributed by atoms with van der Waals surface area (Å²) in [5, 5.41) is 5.46. The number of nitrogens with two attached hydrogens (primary N) is 1. The van der Waals surface area contributed by atoms with Crippen molar-refractivity contribution in [2.45, 2.75) is 59.4 Å². The highest BCUT2D eigenvalue weighted by atomic mass is 32.2. The lowest BCUT2D eigenvalue weighted by molar-refractivity contribution is -0.118. The van der Waals surface area contributed by atoms with E-state index in [-0.39, 0.29) is 42.5 Å². The van der Waals surface area contributed by atoms with Crippen molar-refractivity contribution in [3.8, 4) is 5.88 Å². The Balaban J connectivity index is 1.36. The minimum Gasteiger partial charge on any atom is -0.476 e. The minimum absolute atomic E-state index is 0.000154. The highest BCUT2D eigenvalue weighted by molar-refractivity contribution is 8.13. The normalized spacial score (nSPS) is 19.4. The number of ether oxygens (including phenoxy) is 3. The van der Waals surface area contributed by atoms with E-state index in [0.717, 1.165) is 17.3 Å². The molecular weight excluding hydrogens is 649 g/mol. The third-order valence-corrected chi connectivity index (χ3v) is 10.2. The number of amides is 1. The van der Waals surface area contributed by atoms with Gasteiger partial charge in [0.1, 0.15) is 6.23 Å². The number of aromatic nitrogens is 4. The van der Waals surface area contributed by atoms with Gasteiger partial charge in [-0.15, -0.1) is 0 Å². The van der Waals surface area contributed by atoms with E-state index >= 15 is 0 Å². The number of hydrogen-bond acceptors (Lipinski definition) is 13. The van der Waals surface area contributed by atoms with Crippen LogP contribution in [-0.2, 0) is 34.4 Å². The average Bonchev–Trinajstić information content (AvgIpc) is 3.64. The van der Waals surface area contributed by atoms with Gasteiger partial charge in [-0.2, -0.15) is 9.97 Å². The summed E-state index contributed by atoms with van der Waals surface area (Å²) in [4.78, 5) is 37.1. The molecule has 2 aromatic heterocycles. The second kappa shape index (κ2) is 16.7. The first-order valence-corrected chi connectivity index (χ1v) is 17.9. The average molecular weight is 694 g/mol. The molecule has 4 unspecified atom stereocenters. The molecule has 0 spiro atoms. The van der Waals surface area contributed by atoms with Gasteiger partial charge in [0.15, 0.2) is 16.3 Å². The summed E-state index contributed by atoms with van der Waals surface area (Å²) >= 11 is 1.08. The fraction of sp³-hybridized carbons (Fsp3) is 0.567. The summed E-state index contributed by atoms with van der Waals surface area (Å²) in [6.45, 7) is 8.44. The van der Waals surface area contributed by atoms with Gasteiger partial charge in [-0.05, 0) is 25.3 Å². The van der Waals surface area contributed by atoms with Crippen LogP contribution in [0.5, 0.6) is 5.88 Å². The number of thioether (sulfide) groups is 1. The number of fused-ring (bicyclic) bond motifs is 1. The highest BCUT2D eigenvalue weighted by Crippen LogP contribution is 2.46. The van der Waals surface area contributed by atoms with Crippen molar-refractivity contribution < 1.29 is 37.4 Å². The number of alkyl carbamates (subject to hydrolysis) is 1. The summed E-state index contributed by atoms with van der Waals surface area (Å²) < 4.78 is 43.9. The number of methoxy groups -OCH3 is 1. The van der Waals surface area contributed by atoms with Crippen molar-refractivity contribution in [3.63, 3.8) is 0 Å². The summed E-state index contributed by atoms with van der Waals surface area (Å²) in [7, 11) is -2.54. The van der Waals surface area contributed by atoms with Crippen LogP contribution in [0.25, 0.3) is 11.2 Å². The molecule has 258 valence electrons. The first kappa shape index (κ1) is 36.6. The first-order valence-electron chi connectivity index (χ1n) is 15.4. The van der Waals surface area contributed by atoms with Crippen LogP contribution in [0.4, 0.5) is 10.7 Å². The SMILES string of the molecule is CCOc1nc(N)nc2c1ncn2C1OC(COP(=O)(NCc2ccccc2)OCCSC(=O)C(C)(C)CCNC(=O)OC)CC1C. The maximum Gasteiger partial charge on any atom is 0.406 e. The summed E-state index contributed by atoms with van der Waals surface area (Å²) in [5.74, 6) is 0.670. The van der Waals surface area contributed by atoms with Crippen molar-refractivity contribution in [1.82, 2.24) is 29.9 Å². The number of rotatable bonds is 17. The Kier molecular flexibility index (Phi) is 13.0. The Labute approximate surface area is 278 Å². The van der Waals surface area contributed by atoms with Crippen molar-refractivity contribution >= 4 is 47.8 Å². The molecule has 1 fully saturated rings. The van der Waals surface area contributed by atoms with E-state index in [2.05, 4.69) is 30.1 Å². The molecule has 17 heteroatoms. The number of carbonyl (C=O) groups is 2. The minimum atomic E-state index is -3.82. The Morgan fingerprint density at radius 1 is 1.21 bits per heavy atom. The zero-order valence-corrected chi connectivity index (χ0v) is 29.1. The zero-order chi connectivity index (χ0) is 34.0. The molecule has 0 saturated carbocycles. The highest BCUT2D eigenvalue weighted by Gasteiger charge is 2.37. The van der Waals surface area contributed by atoms with Crippen LogP contribution in [0.15, 0.2) is 36.7 Å². The summed E-state index contributed by atoms with van der Waals surface area (Å²) in [6.07, 6.45) is 1.29. The fourth-order valence-corrected chi connectivity index (χ4v) is 7.22. The third-order valence-electron chi connectivity index (χ3n) is 7.50. The molecule has 1 aliphatic rings. The largest absolute Gasteiger partial charge is 0.476 e. The lowest BCUT2D eigenvalue weighted by Gasteiger charge is -2.23. The van der Waals surface area contributed by atoms with Crippen LogP contribution in [0, 0.1) is 11.3 Å². The van der Waals surface area contributed by atoms with E-state index < -0.39 is 31.6 Å². The van der Waals surface area contributed by atoms with E-state index in [1.807, 2.05) is 44.2 Å². The van der Waals surface area contributed by atoms with Gasteiger partial charge in [-0.1, -0.05) is 62.9 Å². The van der Waals surface area contributed by atoms with Gasteiger partial charge < -0.3 is 25.3 Å². The van der Waals surface area contributed by atoms with Gasteiger partial charge in [0.25, 0.3) is 0 Å². The summed E-state index contributed by atoms with van der Waals surface area (Å²) in [5.41, 5.74) is 7.11. The third kappa shape index (κ3) is 10.1. The van der Waals surface area contributed by atoms with Gasteiger partial charge in [0.2, 0.25) is 11.8 Å². The van der Waals surface area contributed by atoms with Gasteiger partial charge in [0, 0.05) is 30.2 Å². The molecular formula is C30H44N7O8PS. The molecule has 0 bridgehead atoms. The van der Waals surface area contributed by atoms with Crippen LogP contribution in [0.1, 0.15) is 52.3 Å². The fourth-order valence-electron chi connectivity index (χ4n) is 4.93. The lowest BCUT2D eigenvalue weighted by atomic mass is 9.91. The second-order valence-corrected chi connectivity index (χ2v) is 14.5. The zero-order valence-electron chi connectivity index (χ0n) is 27.3. The number of imidazole rings is 1. The van der Waals surface area contributed by atoms with Gasteiger partial charge >= 0.3 is 13.8 Å². The number of anilines is 1. The quantitative estimate of drug-likeness (QED) is 0.130. The molecule has 1 saturated heterocycles. The molecule has 4 rings (SSSR count). The van der Waals surface area contributed by atoms with Crippen LogP contribution >= 0.6 is 19.5 Å². The molecule has 1 aromatic carbocycles. The number of carbonyl (C=O) groups excluding carboxylic acids is 2. The van der Waals surface area contributed by atoms with Crippen LogP contribution in [0.3, 0.4) is 0 Å². The standard InChI is InChI=1S/C30H44N7O8PS/c1-6-42-25-23-24(35-28(31)36-25)37(19-33-23)26-20(2)16-22(45-26)18-44-46(40,34-17-21-10-8-7-9-11-21)43-14-15-47-27(38)30(3,4)12-13-32-29(39)41-5/h7-11,19-20,22,26H,6,12-18H2,1-5H3,(H,32,39)(H,34,40)(H2,31,35,36). The molecule has 4 atom stereocenters. The predicted molar refractivity (Wildman–Crippen MR) is 178 cm³/mol. The van der Waals surface area contributed by atoms with Crippen molar-refractivity contribution in [2.75, 3.05) is 45.0 Å². The molecule has 3 heterocycles. The molecule has 0 radical (unpaired) electrons. The number of hydrogen-bond donors (Lipinski definition) is 3. The Hall–Kier alpha value is -3.27. The second-order valence-electron chi connectivity index (χ2n) is 11.6. The number of nitrogen functional groups attached to an aromatic ring is 1. The van der Waals surface area contributed by atoms with Gasteiger partial charge in [0.05, 0.1) is 39.4 Å². The van der Waals surface area contributed by atoms with E-state index in [4.69, 9.17) is 24.3 Å². The van der Waals surface area contributed by atoms with Crippen LogP contribution < -0.4 is 20.9 Å². The Morgan fingerprint density at radius 3 is 2.70 bits per heavy atom. The van der Waals surface area contributed by atoms with Crippen molar-refractivity contribution in [1.29, 1.82) is 0 Å². The monoisotopic (exact) mass is 693 g/mol. The van der Waals surface area contributed by atoms with E-state index in [9.17, 15) is 14.2 Å². The van der Waals surface area contributed by atoms with Gasteiger partial charge in [-0.3, -0.25) is 18.4 Å². The summed E-state index contributed by atoms with van der Waals surface area (Å²) in [6, 6.07) is 9.47. The maximum atomic E-state index is 13.9. The van der Waals surface area contributed by atoms with E-state index in [0.29, 0.717) is 43.0 Å². The van der Waals surface area contributed by atoms with Crippen molar-refractivity contribution in [3.05, 3.63) is 42.2 Å². The number of benzene rings is 1. The van der Waals surface area contributed by atoms with Crippen LogP contribution in [-0.4, -0.2) is 76.1 Å². The molecule has 3 aromatic rings. The number of nitrogens with one attached hydrogen (secondary N) is 2. The van der Waals surface area contributed by atoms with E-state index in [1.165, 1.54) is 7.11 Å². The number of nitrogens with zero attached hydrogens (tertiary/aromatic N) is 4. The predicted octanol–water partition coefficient (Wildman–Crippen LogP) is 4.69. The molecule has 47 heavy (non-hydrogen) atoms.